The molecule has 1 unspecified atom stereocenters. The van der Waals surface area contributed by atoms with E-state index in [9.17, 15) is 14.0 Å². The summed E-state index contributed by atoms with van der Waals surface area (Å²) >= 11 is 1.48. The van der Waals surface area contributed by atoms with Crippen molar-refractivity contribution in [2.45, 2.75) is 12.6 Å². The number of benzene rings is 2. The Hall–Kier alpha value is -4.11. The number of halogens is 1. The van der Waals surface area contributed by atoms with Gasteiger partial charge in [-0.3, -0.25) is 14.2 Å². The minimum Gasteiger partial charge on any atom is -0.343 e. The van der Waals surface area contributed by atoms with Crippen LogP contribution < -0.4 is 10.9 Å². The molecule has 7 nitrogen and oxygen atoms in total. The quantitative estimate of drug-likeness (QED) is 0.420. The summed E-state index contributed by atoms with van der Waals surface area (Å²) in [6.07, 6.45) is 2.81. The van der Waals surface area contributed by atoms with Crippen LogP contribution in [0.15, 0.2) is 89.4 Å². The smallest absolute Gasteiger partial charge is 0.264 e. The summed E-state index contributed by atoms with van der Waals surface area (Å²) in [5, 5.41) is 9.47. The van der Waals surface area contributed by atoms with Crippen molar-refractivity contribution < 1.29 is 9.18 Å². The third-order valence-corrected chi connectivity index (χ3v) is 6.14. The molecule has 5 rings (SSSR count). The Bertz CT molecular complexity index is 1460. The first-order chi connectivity index (χ1) is 16.1. The maximum absolute atomic E-state index is 13.4. The predicted octanol–water partition coefficient (Wildman–Crippen LogP) is 3.69. The number of amides is 1. The normalized spacial score (nSPS) is 12.0. The number of nitrogens with one attached hydrogen (secondary N) is 1. The van der Waals surface area contributed by atoms with Crippen molar-refractivity contribution in [2.24, 2.45) is 0 Å². The van der Waals surface area contributed by atoms with E-state index in [2.05, 4.69) is 15.4 Å². The molecular formula is C24H18FN5O2S. The number of rotatable bonds is 6. The van der Waals surface area contributed by atoms with Gasteiger partial charge in [0.1, 0.15) is 24.1 Å². The number of para-hydroxylation sites is 1. The highest BCUT2D eigenvalue weighted by Crippen LogP contribution is 2.26. The van der Waals surface area contributed by atoms with E-state index >= 15 is 0 Å². The molecule has 1 amide bonds. The number of thiophene rings is 1. The first kappa shape index (κ1) is 20.8. The molecule has 1 N–H and O–H groups in total. The zero-order valence-electron chi connectivity index (χ0n) is 17.3. The molecule has 3 aromatic heterocycles. The van der Waals surface area contributed by atoms with Crippen molar-refractivity contribution in [1.29, 1.82) is 0 Å². The molecule has 164 valence electrons. The average Bonchev–Trinajstić information content (AvgIpc) is 3.51. The Kier molecular flexibility index (Phi) is 5.54. The van der Waals surface area contributed by atoms with E-state index in [1.807, 2.05) is 47.8 Å². The molecule has 0 aliphatic heterocycles. The van der Waals surface area contributed by atoms with Crippen molar-refractivity contribution in [3.8, 4) is 5.69 Å². The van der Waals surface area contributed by atoms with Crippen LogP contribution in [0.2, 0.25) is 0 Å². The maximum Gasteiger partial charge on any atom is 0.264 e. The molecule has 0 radical (unpaired) electrons. The van der Waals surface area contributed by atoms with Gasteiger partial charge in [-0.05, 0) is 41.3 Å². The minimum atomic E-state index is -0.452. The fourth-order valence-electron chi connectivity index (χ4n) is 3.61. The molecule has 0 saturated heterocycles. The van der Waals surface area contributed by atoms with Gasteiger partial charge in [0, 0.05) is 4.88 Å². The Morgan fingerprint density at radius 3 is 2.58 bits per heavy atom. The van der Waals surface area contributed by atoms with E-state index in [-0.39, 0.29) is 23.8 Å². The van der Waals surface area contributed by atoms with Gasteiger partial charge in [0.2, 0.25) is 5.91 Å². The summed E-state index contributed by atoms with van der Waals surface area (Å²) in [6.45, 7) is -0.207. The molecule has 1 atom stereocenters. The number of carbonyl (C=O) groups excluding carboxylic acids is 1. The SMILES string of the molecule is O=C(Cn1cnc2c(cnn2-c2ccccc2)c1=O)NC(c1ccc(F)cc1)c1cccs1. The molecule has 9 heteroatoms. The number of hydrogen-bond donors (Lipinski definition) is 1. The van der Waals surface area contributed by atoms with Gasteiger partial charge in [-0.15, -0.1) is 11.3 Å². The maximum atomic E-state index is 13.4. The predicted molar refractivity (Wildman–Crippen MR) is 124 cm³/mol. The molecule has 0 fully saturated rings. The van der Waals surface area contributed by atoms with Crippen LogP contribution in [0.25, 0.3) is 16.7 Å². The van der Waals surface area contributed by atoms with E-state index in [1.165, 1.54) is 40.6 Å². The van der Waals surface area contributed by atoms with Crippen LogP contribution in [-0.4, -0.2) is 25.2 Å². The summed E-state index contributed by atoms with van der Waals surface area (Å²) in [7, 11) is 0. The van der Waals surface area contributed by atoms with Gasteiger partial charge in [0.25, 0.3) is 5.56 Å². The van der Waals surface area contributed by atoms with Crippen LogP contribution in [0.1, 0.15) is 16.5 Å². The Morgan fingerprint density at radius 1 is 1.06 bits per heavy atom. The fourth-order valence-corrected chi connectivity index (χ4v) is 4.41. The number of nitrogens with zero attached hydrogens (tertiary/aromatic N) is 4. The molecule has 0 spiro atoms. The molecule has 2 aromatic carbocycles. The minimum absolute atomic E-state index is 0.207. The highest BCUT2D eigenvalue weighted by atomic mass is 32.1. The van der Waals surface area contributed by atoms with Gasteiger partial charge in [0.05, 0.1) is 17.9 Å². The Morgan fingerprint density at radius 2 is 1.85 bits per heavy atom. The van der Waals surface area contributed by atoms with Crippen molar-refractivity contribution >= 4 is 28.3 Å². The second kappa shape index (κ2) is 8.79. The highest BCUT2D eigenvalue weighted by molar-refractivity contribution is 7.10. The lowest BCUT2D eigenvalue weighted by Crippen LogP contribution is -2.35. The van der Waals surface area contributed by atoms with E-state index in [1.54, 1.807) is 16.8 Å². The monoisotopic (exact) mass is 459 g/mol. The van der Waals surface area contributed by atoms with Gasteiger partial charge in [-0.25, -0.2) is 14.1 Å². The summed E-state index contributed by atoms with van der Waals surface area (Å²) in [4.78, 5) is 31.1. The standard InChI is InChI=1S/C24H18FN5O2S/c25-17-10-8-16(9-11-17)22(20-7-4-12-33-20)28-21(31)14-29-15-26-23-19(24(29)32)13-27-30(23)18-5-2-1-3-6-18/h1-13,15,22H,14H2,(H,28,31). The number of carbonyl (C=O) groups is 1. The molecular weight excluding hydrogens is 441 g/mol. The lowest BCUT2D eigenvalue weighted by molar-refractivity contribution is -0.122. The molecule has 0 bridgehead atoms. The summed E-state index contributed by atoms with van der Waals surface area (Å²) in [6, 6.07) is 18.7. The van der Waals surface area contributed by atoms with Crippen molar-refractivity contribution in [2.75, 3.05) is 0 Å². The van der Waals surface area contributed by atoms with Crippen LogP contribution in [0.4, 0.5) is 4.39 Å². The molecule has 5 aromatic rings. The second-order valence-electron chi connectivity index (χ2n) is 7.37. The number of hydrogen-bond acceptors (Lipinski definition) is 5. The molecule has 33 heavy (non-hydrogen) atoms. The van der Waals surface area contributed by atoms with Crippen molar-refractivity contribution in [1.82, 2.24) is 24.6 Å². The van der Waals surface area contributed by atoms with Gasteiger partial charge in [0.15, 0.2) is 5.65 Å². The van der Waals surface area contributed by atoms with Gasteiger partial charge < -0.3 is 5.32 Å². The molecule has 0 aliphatic rings. The van der Waals surface area contributed by atoms with E-state index < -0.39 is 6.04 Å². The Labute approximate surface area is 191 Å². The lowest BCUT2D eigenvalue weighted by Gasteiger charge is -2.18. The first-order valence-electron chi connectivity index (χ1n) is 10.2. The summed E-state index contributed by atoms with van der Waals surface area (Å²) in [5.74, 6) is -0.714. The molecule has 0 aliphatic carbocycles. The van der Waals surface area contributed by atoms with Crippen LogP contribution in [0, 0.1) is 5.82 Å². The van der Waals surface area contributed by atoms with E-state index in [0.717, 1.165) is 16.1 Å². The van der Waals surface area contributed by atoms with Gasteiger partial charge >= 0.3 is 0 Å². The lowest BCUT2D eigenvalue weighted by atomic mass is 10.1. The number of fused-ring (bicyclic) bond motifs is 1. The van der Waals surface area contributed by atoms with Crippen LogP contribution >= 0.6 is 11.3 Å². The zero-order valence-corrected chi connectivity index (χ0v) is 18.1. The van der Waals surface area contributed by atoms with Crippen LogP contribution in [0.5, 0.6) is 0 Å². The Balaban J connectivity index is 1.41. The van der Waals surface area contributed by atoms with Crippen molar-refractivity contribution in [3.63, 3.8) is 0 Å². The second-order valence-corrected chi connectivity index (χ2v) is 8.35. The first-order valence-corrected chi connectivity index (χ1v) is 11.0. The summed E-state index contributed by atoms with van der Waals surface area (Å²) in [5.41, 5.74) is 1.60. The highest BCUT2D eigenvalue weighted by Gasteiger charge is 2.19. The number of aromatic nitrogens is 4. The van der Waals surface area contributed by atoms with Crippen LogP contribution in [-0.2, 0) is 11.3 Å². The van der Waals surface area contributed by atoms with E-state index in [0.29, 0.717) is 11.0 Å². The average molecular weight is 460 g/mol. The van der Waals surface area contributed by atoms with Crippen molar-refractivity contribution in [3.05, 3.63) is 111 Å². The van der Waals surface area contributed by atoms with Gasteiger partial charge in [-0.2, -0.15) is 5.10 Å². The largest absolute Gasteiger partial charge is 0.343 e. The molecule has 3 heterocycles. The third-order valence-electron chi connectivity index (χ3n) is 5.21. The summed E-state index contributed by atoms with van der Waals surface area (Å²) < 4.78 is 16.2. The van der Waals surface area contributed by atoms with E-state index in [4.69, 9.17) is 0 Å². The van der Waals surface area contributed by atoms with Gasteiger partial charge in [-0.1, -0.05) is 36.4 Å². The zero-order chi connectivity index (χ0) is 22.8. The third kappa shape index (κ3) is 4.18. The molecule has 0 saturated carbocycles. The topological polar surface area (TPSA) is 81.8 Å². The fraction of sp³-hybridized carbons (Fsp3) is 0.0833. The van der Waals surface area contributed by atoms with Crippen LogP contribution in [0.3, 0.4) is 0 Å².